The Morgan fingerprint density at radius 3 is 2.68 bits per heavy atom. The predicted molar refractivity (Wildman–Crippen MR) is 141 cm³/mol. The summed E-state index contributed by atoms with van der Waals surface area (Å²) in [5.41, 5.74) is 9.05. The standard InChI is InChI=1S/C28H22FN7O/c1-16-9-19(14-32-13-16)23-8-3-5-18-10-24(17(2)34-26-20(12-30)15-33-28(31)35-26)36(27(37)25(18)23)22-7-4-6-21(29)11-22/h3-11,13-15,17H,1-2H3,(H3,31,33,34,35)/t17-/m0/s1. The van der Waals surface area contributed by atoms with Crippen LogP contribution in [0.2, 0.25) is 0 Å². The fourth-order valence-electron chi connectivity index (χ4n) is 4.39. The van der Waals surface area contributed by atoms with Crippen LogP contribution in [-0.2, 0) is 0 Å². The number of hydrogen-bond acceptors (Lipinski definition) is 7. The number of nitriles is 1. The summed E-state index contributed by atoms with van der Waals surface area (Å²) in [7, 11) is 0. The summed E-state index contributed by atoms with van der Waals surface area (Å²) >= 11 is 0. The summed E-state index contributed by atoms with van der Waals surface area (Å²) in [6.07, 6.45) is 4.80. The summed E-state index contributed by atoms with van der Waals surface area (Å²) < 4.78 is 15.8. The van der Waals surface area contributed by atoms with E-state index < -0.39 is 11.9 Å². The van der Waals surface area contributed by atoms with Gasteiger partial charge in [0.15, 0.2) is 0 Å². The molecule has 0 aliphatic heterocycles. The fourth-order valence-corrected chi connectivity index (χ4v) is 4.39. The Bertz CT molecular complexity index is 1760. The van der Waals surface area contributed by atoms with Crippen molar-refractivity contribution in [2.24, 2.45) is 0 Å². The van der Waals surface area contributed by atoms with Crippen molar-refractivity contribution in [3.8, 4) is 22.9 Å². The van der Waals surface area contributed by atoms with E-state index >= 15 is 0 Å². The molecule has 0 saturated carbocycles. The zero-order valence-electron chi connectivity index (χ0n) is 20.1. The molecule has 0 amide bonds. The number of rotatable bonds is 5. The number of aromatic nitrogens is 4. The van der Waals surface area contributed by atoms with Gasteiger partial charge in [0.05, 0.1) is 23.3 Å². The molecular formula is C28H22FN7O. The first-order valence-electron chi connectivity index (χ1n) is 11.5. The van der Waals surface area contributed by atoms with E-state index in [9.17, 15) is 14.4 Å². The number of nitrogens with two attached hydrogens (primary N) is 1. The van der Waals surface area contributed by atoms with Gasteiger partial charge in [-0.3, -0.25) is 14.3 Å². The number of anilines is 2. The van der Waals surface area contributed by atoms with Gasteiger partial charge < -0.3 is 11.1 Å². The maximum atomic E-state index is 14.3. The fraction of sp³-hybridized carbons (Fsp3) is 0.107. The third kappa shape index (κ3) is 4.48. The molecule has 0 aliphatic rings. The Morgan fingerprint density at radius 2 is 1.92 bits per heavy atom. The summed E-state index contributed by atoms with van der Waals surface area (Å²) in [6.45, 7) is 3.76. The Morgan fingerprint density at radius 1 is 1.11 bits per heavy atom. The molecule has 0 spiro atoms. The lowest BCUT2D eigenvalue weighted by atomic mass is 9.98. The molecule has 37 heavy (non-hydrogen) atoms. The number of nitrogen functional groups attached to an aromatic ring is 1. The Kier molecular flexibility index (Phi) is 6.07. The van der Waals surface area contributed by atoms with Crippen LogP contribution in [-0.4, -0.2) is 19.5 Å². The van der Waals surface area contributed by atoms with Crippen molar-refractivity contribution in [1.29, 1.82) is 5.26 Å². The first kappa shape index (κ1) is 23.6. The van der Waals surface area contributed by atoms with Crippen LogP contribution >= 0.6 is 0 Å². The highest BCUT2D eigenvalue weighted by molar-refractivity contribution is 5.96. The minimum Gasteiger partial charge on any atom is -0.368 e. The normalized spacial score (nSPS) is 11.7. The first-order chi connectivity index (χ1) is 17.9. The molecule has 5 aromatic rings. The molecule has 0 radical (unpaired) electrons. The van der Waals surface area contributed by atoms with Crippen molar-refractivity contribution in [2.75, 3.05) is 11.1 Å². The average molecular weight is 492 g/mol. The number of nitrogens with one attached hydrogen (secondary N) is 1. The lowest BCUT2D eigenvalue weighted by Gasteiger charge is -2.22. The second-order valence-corrected chi connectivity index (χ2v) is 8.68. The summed E-state index contributed by atoms with van der Waals surface area (Å²) in [6, 6.07) is 16.8. The van der Waals surface area contributed by atoms with Crippen molar-refractivity contribution in [1.82, 2.24) is 19.5 Å². The molecule has 0 unspecified atom stereocenters. The number of nitrogens with zero attached hydrogens (tertiary/aromatic N) is 5. The molecule has 0 bridgehead atoms. The van der Waals surface area contributed by atoms with Gasteiger partial charge in [-0.05, 0) is 60.7 Å². The van der Waals surface area contributed by atoms with Gasteiger partial charge in [-0.25, -0.2) is 9.37 Å². The smallest absolute Gasteiger partial charge is 0.263 e. The average Bonchev–Trinajstić information content (AvgIpc) is 2.88. The molecule has 182 valence electrons. The maximum Gasteiger partial charge on any atom is 0.263 e. The molecule has 3 N–H and O–H groups in total. The second kappa shape index (κ2) is 9.51. The number of pyridine rings is 2. The van der Waals surface area contributed by atoms with Gasteiger partial charge in [0.1, 0.15) is 23.3 Å². The number of hydrogen-bond donors (Lipinski definition) is 2. The summed E-state index contributed by atoms with van der Waals surface area (Å²) in [5.74, 6) is -0.228. The topological polar surface area (TPSA) is 123 Å². The van der Waals surface area contributed by atoms with Crippen molar-refractivity contribution in [2.45, 2.75) is 19.9 Å². The highest BCUT2D eigenvalue weighted by atomic mass is 19.1. The first-order valence-corrected chi connectivity index (χ1v) is 11.5. The number of fused-ring (bicyclic) bond motifs is 1. The van der Waals surface area contributed by atoms with E-state index in [0.717, 1.165) is 16.7 Å². The Hall–Kier alpha value is -5.10. The zero-order chi connectivity index (χ0) is 26.1. The van der Waals surface area contributed by atoms with Gasteiger partial charge >= 0.3 is 0 Å². The second-order valence-electron chi connectivity index (χ2n) is 8.68. The van der Waals surface area contributed by atoms with E-state index in [1.165, 1.54) is 22.9 Å². The van der Waals surface area contributed by atoms with Gasteiger partial charge in [0.2, 0.25) is 5.95 Å². The lowest BCUT2D eigenvalue weighted by Crippen LogP contribution is -2.26. The van der Waals surface area contributed by atoms with E-state index in [1.54, 1.807) is 24.5 Å². The summed E-state index contributed by atoms with van der Waals surface area (Å²) in [5, 5.41) is 13.9. The van der Waals surface area contributed by atoms with E-state index in [2.05, 4.69) is 20.3 Å². The lowest BCUT2D eigenvalue weighted by molar-refractivity contribution is 0.625. The van der Waals surface area contributed by atoms with Crippen LogP contribution < -0.4 is 16.6 Å². The number of halogens is 1. The molecule has 3 aromatic heterocycles. The predicted octanol–water partition coefficient (Wildman–Crippen LogP) is 4.92. The van der Waals surface area contributed by atoms with E-state index in [4.69, 9.17) is 5.73 Å². The Labute approximate surface area is 211 Å². The molecule has 5 rings (SSSR count). The monoisotopic (exact) mass is 491 g/mol. The summed E-state index contributed by atoms with van der Waals surface area (Å²) in [4.78, 5) is 26.5. The van der Waals surface area contributed by atoms with Crippen LogP contribution in [0, 0.1) is 24.1 Å². The third-order valence-electron chi connectivity index (χ3n) is 6.05. The quantitative estimate of drug-likeness (QED) is 0.358. The van der Waals surface area contributed by atoms with Crippen LogP contribution in [0.4, 0.5) is 16.2 Å². The SMILES string of the molecule is Cc1cncc(-c2cccc3cc([C@H](C)Nc4nc(N)ncc4C#N)n(-c4cccc(F)c4)c(=O)c23)c1. The van der Waals surface area contributed by atoms with Gasteiger partial charge in [-0.15, -0.1) is 0 Å². The molecule has 0 saturated heterocycles. The minimum atomic E-state index is -0.522. The van der Waals surface area contributed by atoms with Crippen molar-refractivity contribution >= 4 is 22.5 Å². The van der Waals surface area contributed by atoms with Crippen LogP contribution in [0.1, 0.15) is 29.8 Å². The maximum absolute atomic E-state index is 14.3. The molecule has 9 heteroatoms. The van der Waals surface area contributed by atoms with Crippen molar-refractivity contribution < 1.29 is 4.39 Å². The zero-order valence-corrected chi connectivity index (χ0v) is 20.1. The molecule has 0 fully saturated rings. The molecular weight excluding hydrogens is 469 g/mol. The van der Waals surface area contributed by atoms with Gasteiger partial charge in [0, 0.05) is 23.7 Å². The van der Waals surface area contributed by atoms with Crippen molar-refractivity contribution in [3.63, 3.8) is 0 Å². The van der Waals surface area contributed by atoms with E-state index in [-0.39, 0.29) is 22.9 Å². The molecule has 2 aromatic carbocycles. The van der Waals surface area contributed by atoms with E-state index in [0.29, 0.717) is 22.2 Å². The number of aryl methyl sites for hydroxylation is 1. The van der Waals surface area contributed by atoms with Gasteiger partial charge in [0.25, 0.3) is 5.56 Å². The third-order valence-corrected chi connectivity index (χ3v) is 6.05. The Balaban J connectivity index is 1.77. The molecule has 8 nitrogen and oxygen atoms in total. The molecule has 0 aliphatic carbocycles. The van der Waals surface area contributed by atoms with Crippen molar-refractivity contribution in [3.05, 3.63) is 106 Å². The van der Waals surface area contributed by atoms with Crippen LogP contribution in [0.25, 0.3) is 27.6 Å². The van der Waals surface area contributed by atoms with Crippen LogP contribution in [0.5, 0.6) is 0 Å². The van der Waals surface area contributed by atoms with Gasteiger partial charge in [-0.1, -0.05) is 24.3 Å². The molecule has 1 atom stereocenters. The highest BCUT2D eigenvalue weighted by Gasteiger charge is 2.20. The molecule has 3 heterocycles. The highest BCUT2D eigenvalue weighted by Crippen LogP contribution is 2.30. The largest absolute Gasteiger partial charge is 0.368 e. The van der Waals surface area contributed by atoms with Crippen LogP contribution in [0.15, 0.2) is 78.0 Å². The van der Waals surface area contributed by atoms with E-state index in [1.807, 2.05) is 50.2 Å². The number of benzene rings is 2. The van der Waals surface area contributed by atoms with Crippen LogP contribution in [0.3, 0.4) is 0 Å². The van der Waals surface area contributed by atoms with Gasteiger partial charge in [-0.2, -0.15) is 10.2 Å². The minimum absolute atomic E-state index is 0.00568.